The number of carboxylic acids is 1. The van der Waals surface area contributed by atoms with Crippen LogP contribution >= 0.6 is 0 Å². The summed E-state index contributed by atoms with van der Waals surface area (Å²) in [5.41, 5.74) is -0.348. The lowest BCUT2D eigenvalue weighted by Crippen LogP contribution is -2.42. The summed E-state index contributed by atoms with van der Waals surface area (Å²) in [5.74, 6) is 0.421. The minimum Gasteiger partial charge on any atom is -0.478 e. The predicted molar refractivity (Wildman–Crippen MR) is 93.6 cm³/mol. The third-order valence-corrected chi connectivity index (χ3v) is 6.18. The second-order valence-corrected chi connectivity index (χ2v) is 7.74. The topological polar surface area (TPSA) is 63.6 Å². The Morgan fingerprint density at radius 3 is 2.33 bits per heavy atom. The first-order valence-electron chi connectivity index (χ1n) is 9.61. The molecule has 0 spiro atoms. The minimum atomic E-state index is -1.11. The fourth-order valence-electron chi connectivity index (χ4n) is 4.85. The molecule has 0 saturated heterocycles. The molecular weight excluding hydrogens is 304 g/mol. The van der Waals surface area contributed by atoms with Crippen molar-refractivity contribution in [1.82, 2.24) is 0 Å². The maximum atomic E-state index is 12.0. The average Bonchev–Trinajstić information content (AvgIpc) is 3.03. The van der Waals surface area contributed by atoms with E-state index in [1.807, 2.05) is 0 Å². The molecule has 0 bridgehead atoms. The summed E-state index contributed by atoms with van der Waals surface area (Å²) in [5, 5.41) is 8.67. The van der Waals surface area contributed by atoms with Crippen molar-refractivity contribution in [2.45, 2.75) is 83.7 Å². The number of rotatable bonds is 7. The van der Waals surface area contributed by atoms with E-state index >= 15 is 0 Å². The molecule has 1 atom stereocenters. The molecule has 1 N–H and O–H groups in total. The van der Waals surface area contributed by atoms with Crippen molar-refractivity contribution in [3.05, 3.63) is 12.2 Å². The van der Waals surface area contributed by atoms with Gasteiger partial charge in [0.15, 0.2) is 0 Å². The van der Waals surface area contributed by atoms with Crippen LogP contribution in [-0.4, -0.2) is 22.6 Å². The van der Waals surface area contributed by atoms with Gasteiger partial charge >= 0.3 is 11.9 Å². The van der Waals surface area contributed by atoms with Crippen LogP contribution in [0.25, 0.3) is 0 Å². The SMILES string of the molecule is CCCC(C)C1CCC(C2(OC(=O)/C=C/C(=O)O)CCCC2)CC1. The highest BCUT2D eigenvalue weighted by Gasteiger charge is 2.45. The molecule has 0 radical (unpaired) electrons. The molecule has 2 aliphatic rings. The number of hydrogen-bond acceptors (Lipinski definition) is 3. The number of ether oxygens (including phenoxy) is 1. The van der Waals surface area contributed by atoms with Gasteiger partial charge in [0.1, 0.15) is 5.60 Å². The summed E-state index contributed by atoms with van der Waals surface area (Å²) in [4.78, 5) is 22.6. The molecule has 4 heteroatoms. The molecule has 24 heavy (non-hydrogen) atoms. The van der Waals surface area contributed by atoms with Crippen molar-refractivity contribution >= 4 is 11.9 Å². The Morgan fingerprint density at radius 1 is 1.17 bits per heavy atom. The lowest BCUT2D eigenvalue weighted by Gasteiger charge is -2.42. The van der Waals surface area contributed by atoms with Gasteiger partial charge < -0.3 is 9.84 Å². The summed E-state index contributed by atoms with van der Waals surface area (Å²) in [6.45, 7) is 4.62. The van der Waals surface area contributed by atoms with Crippen LogP contribution in [0.4, 0.5) is 0 Å². The van der Waals surface area contributed by atoms with Gasteiger partial charge in [-0.25, -0.2) is 9.59 Å². The van der Waals surface area contributed by atoms with Gasteiger partial charge in [-0.2, -0.15) is 0 Å². The molecule has 2 rings (SSSR count). The van der Waals surface area contributed by atoms with E-state index in [9.17, 15) is 9.59 Å². The maximum Gasteiger partial charge on any atom is 0.331 e. The first-order valence-corrected chi connectivity index (χ1v) is 9.61. The van der Waals surface area contributed by atoms with E-state index in [0.717, 1.165) is 62.5 Å². The van der Waals surface area contributed by atoms with Crippen molar-refractivity contribution in [2.24, 2.45) is 17.8 Å². The Bertz CT molecular complexity index is 454. The lowest BCUT2D eigenvalue weighted by molar-refractivity contribution is -0.162. The van der Waals surface area contributed by atoms with Gasteiger partial charge in [0, 0.05) is 12.2 Å². The highest BCUT2D eigenvalue weighted by Crippen LogP contribution is 2.47. The van der Waals surface area contributed by atoms with Crippen LogP contribution in [0, 0.1) is 17.8 Å². The molecule has 1 unspecified atom stereocenters. The van der Waals surface area contributed by atoms with Crippen LogP contribution in [0.2, 0.25) is 0 Å². The summed E-state index contributed by atoms with van der Waals surface area (Å²) in [6.07, 6.45) is 13.3. The second kappa shape index (κ2) is 8.68. The van der Waals surface area contributed by atoms with Gasteiger partial charge in [-0.1, -0.05) is 26.7 Å². The Labute approximate surface area is 145 Å². The highest BCUT2D eigenvalue weighted by atomic mass is 16.6. The number of hydrogen-bond donors (Lipinski definition) is 1. The molecule has 4 nitrogen and oxygen atoms in total. The van der Waals surface area contributed by atoms with Crippen molar-refractivity contribution < 1.29 is 19.4 Å². The fourth-order valence-corrected chi connectivity index (χ4v) is 4.85. The van der Waals surface area contributed by atoms with E-state index in [1.54, 1.807) is 0 Å². The number of esters is 1. The zero-order valence-electron chi connectivity index (χ0n) is 15.1. The summed E-state index contributed by atoms with van der Waals surface area (Å²) < 4.78 is 5.84. The highest BCUT2D eigenvalue weighted by molar-refractivity contribution is 5.90. The zero-order chi connectivity index (χ0) is 17.6. The van der Waals surface area contributed by atoms with Crippen LogP contribution in [0.15, 0.2) is 12.2 Å². The van der Waals surface area contributed by atoms with Crippen LogP contribution in [0.1, 0.15) is 78.1 Å². The number of carbonyl (C=O) groups excluding carboxylic acids is 1. The van der Waals surface area contributed by atoms with Gasteiger partial charge in [0.2, 0.25) is 0 Å². The molecular formula is C20H32O4. The van der Waals surface area contributed by atoms with Gasteiger partial charge in [-0.05, 0) is 69.1 Å². The summed E-state index contributed by atoms with van der Waals surface area (Å²) in [7, 11) is 0. The zero-order valence-corrected chi connectivity index (χ0v) is 15.1. The number of aliphatic carboxylic acids is 1. The average molecular weight is 336 g/mol. The van der Waals surface area contributed by atoms with Gasteiger partial charge in [0.25, 0.3) is 0 Å². The number of carboxylic acid groups (broad SMARTS) is 1. The standard InChI is InChI=1S/C20H32O4/c1-3-6-15(2)16-7-9-17(10-8-16)20(13-4-5-14-20)24-19(23)12-11-18(21)22/h11-12,15-17H,3-10,13-14H2,1-2H3,(H,21,22)/b12-11+. The molecule has 0 aliphatic heterocycles. The van der Waals surface area contributed by atoms with Crippen molar-refractivity contribution in [3.63, 3.8) is 0 Å². The maximum absolute atomic E-state index is 12.0. The smallest absolute Gasteiger partial charge is 0.331 e. The van der Waals surface area contributed by atoms with Gasteiger partial charge in [-0.15, -0.1) is 0 Å². The monoisotopic (exact) mass is 336 g/mol. The van der Waals surface area contributed by atoms with Gasteiger partial charge in [0.05, 0.1) is 0 Å². The Kier molecular flexibility index (Phi) is 6.88. The Hall–Kier alpha value is -1.32. The van der Waals surface area contributed by atoms with Crippen molar-refractivity contribution in [3.8, 4) is 0 Å². The molecule has 0 aromatic carbocycles. The third-order valence-electron chi connectivity index (χ3n) is 6.18. The molecule has 2 fully saturated rings. The van der Waals surface area contributed by atoms with Crippen LogP contribution in [-0.2, 0) is 14.3 Å². The fraction of sp³-hybridized carbons (Fsp3) is 0.800. The van der Waals surface area contributed by atoms with E-state index in [4.69, 9.17) is 9.84 Å². The molecule has 136 valence electrons. The van der Waals surface area contributed by atoms with Crippen LogP contribution < -0.4 is 0 Å². The summed E-state index contributed by atoms with van der Waals surface area (Å²) >= 11 is 0. The first-order chi connectivity index (χ1) is 11.5. The molecule has 2 aliphatic carbocycles. The van der Waals surface area contributed by atoms with Crippen LogP contribution in [0.5, 0.6) is 0 Å². The molecule has 0 amide bonds. The molecule has 0 heterocycles. The summed E-state index contributed by atoms with van der Waals surface area (Å²) in [6, 6.07) is 0. The quantitative estimate of drug-likeness (QED) is 0.539. The second-order valence-electron chi connectivity index (χ2n) is 7.74. The van der Waals surface area contributed by atoms with Gasteiger partial charge in [-0.3, -0.25) is 0 Å². The normalized spacial score (nSPS) is 27.9. The predicted octanol–water partition coefficient (Wildman–Crippen LogP) is 4.73. The largest absolute Gasteiger partial charge is 0.478 e. The van der Waals surface area contributed by atoms with E-state index in [1.165, 1.54) is 25.7 Å². The first kappa shape index (κ1) is 19.0. The van der Waals surface area contributed by atoms with Crippen molar-refractivity contribution in [2.75, 3.05) is 0 Å². The molecule has 0 aromatic heterocycles. The molecule has 0 aromatic rings. The van der Waals surface area contributed by atoms with E-state index in [-0.39, 0.29) is 5.60 Å². The Morgan fingerprint density at radius 2 is 1.79 bits per heavy atom. The van der Waals surface area contributed by atoms with E-state index in [2.05, 4.69) is 13.8 Å². The third kappa shape index (κ3) is 4.84. The van der Waals surface area contributed by atoms with E-state index in [0.29, 0.717) is 5.92 Å². The molecule has 2 saturated carbocycles. The van der Waals surface area contributed by atoms with Crippen LogP contribution in [0.3, 0.4) is 0 Å². The number of carbonyl (C=O) groups is 2. The lowest BCUT2D eigenvalue weighted by atomic mass is 9.69. The minimum absolute atomic E-state index is 0.348. The van der Waals surface area contributed by atoms with Crippen molar-refractivity contribution in [1.29, 1.82) is 0 Å². The van der Waals surface area contributed by atoms with E-state index < -0.39 is 11.9 Å². The Balaban J connectivity index is 1.96.